The lowest BCUT2D eigenvalue weighted by atomic mass is 10.2. The van der Waals surface area contributed by atoms with Crippen molar-refractivity contribution >= 4 is 22.3 Å². The highest BCUT2D eigenvalue weighted by Crippen LogP contribution is 2.23. The van der Waals surface area contributed by atoms with E-state index < -0.39 is 5.97 Å². The number of aliphatic carboxylic acids is 1. The molecule has 0 aliphatic heterocycles. The summed E-state index contributed by atoms with van der Waals surface area (Å²) in [4.78, 5) is 20.7. The fourth-order valence-electron chi connectivity index (χ4n) is 1.73. The van der Waals surface area contributed by atoms with Crippen molar-refractivity contribution in [1.82, 2.24) is 14.4 Å². The van der Waals surface area contributed by atoms with Crippen molar-refractivity contribution in [2.45, 2.75) is 6.42 Å². The summed E-state index contributed by atoms with van der Waals surface area (Å²) in [7, 11) is 0. The summed E-state index contributed by atoms with van der Waals surface area (Å²) in [6, 6.07) is 3.80. The molecule has 90 valence electrons. The summed E-state index contributed by atoms with van der Waals surface area (Å²) in [6.45, 7) is 0. The molecular weight excluding hydrogens is 250 g/mol. The molecule has 0 radical (unpaired) electrons. The molecule has 0 unspecified atom stereocenters. The fraction of sp³-hybridized carbons (Fsp3) is 0.0833. The SMILES string of the molecule is O=C(O)Cc1cn2cc(-c3cccnc3)nc2s1. The van der Waals surface area contributed by atoms with E-state index in [2.05, 4.69) is 9.97 Å². The van der Waals surface area contributed by atoms with Crippen molar-refractivity contribution < 1.29 is 9.90 Å². The molecule has 1 N–H and O–H groups in total. The standard InChI is InChI=1S/C12H9N3O2S/c16-11(17)4-9-6-15-7-10(14-12(15)18-9)8-2-1-3-13-5-8/h1-3,5-7H,4H2,(H,16,17). The van der Waals surface area contributed by atoms with Gasteiger partial charge in [0.1, 0.15) is 0 Å². The number of hydrogen-bond donors (Lipinski definition) is 1. The van der Waals surface area contributed by atoms with E-state index in [1.807, 2.05) is 22.7 Å². The van der Waals surface area contributed by atoms with Crippen molar-refractivity contribution in [3.05, 3.63) is 41.8 Å². The first-order valence-corrected chi connectivity index (χ1v) is 6.13. The van der Waals surface area contributed by atoms with Gasteiger partial charge in [-0.05, 0) is 12.1 Å². The average Bonchev–Trinajstić information content (AvgIpc) is 2.87. The molecule has 3 heterocycles. The van der Waals surface area contributed by atoms with Gasteiger partial charge in [-0.2, -0.15) is 0 Å². The summed E-state index contributed by atoms with van der Waals surface area (Å²) in [5, 5.41) is 8.73. The van der Waals surface area contributed by atoms with Gasteiger partial charge in [0.05, 0.1) is 12.1 Å². The van der Waals surface area contributed by atoms with Crippen LogP contribution >= 0.6 is 11.3 Å². The van der Waals surface area contributed by atoms with Crippen LogP contribution in [0.25, 0.3) is 16.2 Å². The Bertz CT molecular complexity index is 671. The smallest absolute Gasteiger partial charge is 0.308 e. The van der Waals surface area contributed by atoms with E-state index >= 15 is 0 Å². The van der Waals surface area contributed by atoms with E-state index in [1.54, 1.807) is 18.6 Å². The summed E-state index contributed by atoms with van der Waals surface area (Å²) in [5.74, 6) is -0.827. The molecule has 0 bridgehead atoms. The van der Waals surface area contributed by atoms with Gasteiger partial charge in [0.15, 0.2) is 4.96 Å². The number of hydrogen-bond acceptors (Lipinski definition) is 4. The van der Waals surface area contributed by atoms with Crippen LogP contribution in [0.2, 0.25) is 0 Å². The first kappa shape index (κ1) is 10.9. The number of fused-ring (bicyclic) bond motifs is 1. The third-order valence-corrected chi connectivity index (χ3v) is 3.48. The van der Waals surface area contributed by atoms with Gasteiger partial charge in [-0.1, -0.05) is 0 Å². The molecule has 0 aliphatic rings. The molecule has 5 nitrogen and oxygen atoms in total. The van der Waals surface area contributed by atoms with Gasteiger partial charge in [-0.25, -0.2) is 4.98 Å². The molecule has 18 heavy (non-hydrogen) atoms. The first-order chi connectivity index (χ1) is 8.72. The van der Waals surface area contributed by atoms with E-state index in [4.69, 9.17) is 5.11 Å². The van der Waals surface area contributed by atoms with Crippen LogP contribution in [-0.4, -0.2) is 25.4 Å². The molecule has 0 atom stereocenters. The van der Waals surface area contributed by atoms with Crippen molar-refractivity contribution in [2.75, 3.05) is 0 Å². The Morgan fingerprint density at radius 1 is 1.44 bits per heavy atom. The van der Waals surface area contributed by atoms with Crippen molar-refractivity contribution in [1.29, 1.82) is 0 Å². The van der Waals surface area contributed by atoms with Gasteiger partial charge in [0.2, 0.25) is 0 Å². The second kappa shape index (κ2) is 4.23. The molecule has 3 rings (SSSR count). The maximum atomic E-state index is 10.6. The molecule has 3 aromatic heterocycles. The van der Waals surface area contributed by atoms with Crippen molar-refractivity contribution in [2.24, 2.45) is 0 Å². The van der Waals surface area contributed by atoms with E-state index in [9.17, 15) is 4.79 Å². The van der Waals surface area contributed by atoms with Crippen LogP contribution in [0, 0.1) is 0 Å². The summed E-state index contributed by atoms with van der Waals surface area (Å²) in [5.41, 5.74) is 1.80. The number of carboxylic acid groups (broad SMARTS) is 1. The summed E-state index contributed by atoms with van der Waals surface area (Å²) in [6.07, 6.45) is 7.20. The normalized spacial score (nSPS) is 10.9. The molecule has 6 heteroatoms. The Hall–Kier alpha value is -2.21. The van der Waals surface area contributed by atoms with Gasteiger partial charge in [0.25, 0.3) is 0 Å². The maximum Gasteiger partial charge on any atom is 0.308 e. The highest BCUT2D eigenvalue weighted by Gasteiger charge is 2.10. The predicted octanol–water partition coefficient (Wildman–Crippen LogP) is 2.08. The second-order valence-electron chi connectivity index (χ2n) is 3.83. The van der Waals surface area contributed by atoms with Crippen molar-refractivity contribution in [3.8, 4) is 11.3 Å². The average molecular weight is 259 g/mol. The lowest BCUT2D eigenvalue weighted by Gasteiger charge is -1.92. The lowest BCUT2D eigenvalue weighted by molar-refractivity contribution is -0.136. The minimum absolute atomic E-state index is 0.0379. The van der Waals surface area contributed by atoms with Crippen LogP contribution < -0.4 is 0 Å². The van der Waals surface area contributed by atoms with Crippen LogP contribution in [0.3, 0.4) is 0 Å². The second-order valence-corrected chi connectivity index (χ2v) is 4.92. The molecule has 3 aromatic rings. The van der Waals surface area contributed by atoms with Crippen LogP contribution in [0.15, 0.2) is 36.9 Å². The minimum atomic E-state index is -0.827. The van der Waals surface area contributed by atoms with Gasteiger partial charge in [-0.3, -0.25) is 14.2 Å². The maximum absolute atomic E-state index is 10.6. The lowest BCUT2D eigenvalue weighted by Crippen LogP contribution is -1.97. The number of nitrogens with zero attached hydrogens (tertiary/aromatic N) is 3. The van der Waals surface area contributed by atoms with Crippen LogP contribution in [-0.2, 0) is 11.2 Å². The van der Waals surface area contributed by atoms with E-state index in [-0.39, 0.29) is 6.42 Å². The first-order valence-electron chi connectivity index (χ1n) is 5.32. The molecule has 0 saturated heterocycles. The number of pyridine rings is 1. The Balaban J connectivity index is 1.98. The fourth-order valence-corrected chi connectivity index (χ4v) is 2.68. The number of carboxylic acids is 1. The quantitative estimate of drug-likeness (QED) is 0.782. The van der Waals surface area contributed by atoms with Crippen LogP contribution in [0.5, 0.6) is 0 Å². The molecule has 0 fully saturated rings. The Morgan fingerprint density at radius 2 is 2.33 bits per heavy atom. The number of aromatic nitrogens is 3. The topological polar surface area (TPSA) is 67.5 Å². The number of thiazole rings is 1. The molecule has 0 amide bonds. The largest absolute Gasteiger partial charge is 0.481 e. The number of imidazole rings is 1. The zero-order chi connectivity index (χ0) is 12.5. The van der Waals surface area contributed by atoms with E-state index in [1.165, 1.54) is 11.3 Å². The summed E-state index contributed by atoms with van der Waals surface area (Å²) >= 11 is 1.39. The zero-order valence-corrected chi connectivity index (χ0v) is 10.1. The highest BCUT2D eigenvalue weighted by molar-refractivity contribution is 7.17. The molecule has 0 spiro atoms. The number of rotatable bonds is 3. The molecular formula is C12H9N3O2S. The molecule has 0 aliphatic carbocycles. The predicted molar refractivity (Wildman–Crippen MR) is 67.6 cm³/mol. The minimum Gasteiger partial charge on any atom is -0.481 e. The third kappa shape index (κ3) is 1.98. The van der Waals surface area contributed by atoms with Gasteiger partial charge >= 0.3 is 5.97 Å². The van der Waals surface area contributed by atoms with E-state index in [0.717, 1.165) is 21.1 Å². The van der Waals surface area contributed by atoms with Gasteiger partial charge in [0, 0.05) is 35.2 Å². The zero-order valence-electron chi connectivity index (χ0n) is 9.28. The summed E-state index contributed by atoms with van der Waals surface area (Å²) < 4.78 is 1.85. The highest BCUT2D eigenvalue weighted by atomic mass is 32.1. The monoisotopic (exact) mass is 259 g/mol. The Kier molecular flexibility index (Phi) is 2.56. The molecule has 0 aromatic carbocycles. The third-order valence-electron chi connectivity index (χ3n) is 2.49. The van der Waals surface area contributed by atoms with Gasteiger partial charge in [-0.15, -0.1) is 11.3 Å². The number of carbonyl (C=O) groups is 1. The van der Waals surface area contributed by atoms with E-state index in [0.29, 0.717) is 0 Å². The Labute approximate surface area is 106 Å². The van der Waals surface area contributed by atoms with Gasteiger partial charge < -0.3 is 5.11 Å². The molecule has 0 saturated carbocycles. The van der Waals surface area contributed by atoms with Crippen molar-refractivity contribution in [3.63, 3.8) is 0 Å². The van der Waals surface area contributed by atoms with Crippen LogP contribution in [0.4, 0.5) is 0 Å². The van der Waals surface area contributed by atoms with Crippen LogP contribution in [0.1, 0.15) is 4.88 Å². The Morgan fingerprint density at radius 3 is 3.00 bits per heavy atom.